The zero-order valence-electron chi connectivity index (χ0n) is 10.9. The SMILES string of the molecule is COc1cccc(-c2cccnc2)c1OC.OBO. The maximum absolute atomic E-state index is 7.12. The van der Waals surface area contributed by atoms with E-state index in [2.05, 4.69) is 4.98 Å². The molecule has 1 heterocycles. The van der Waals surface area contributed by atoms with E-state index in [0.717, 1.165) is 22.6 Å². The van der Waals surface area contributed by atoms with Crippen LogP contribution in [-0.2, 0) is 0 Å². The quantitative estimate of drug-likeness (QED) is 0.806. The number of pyridine rings is 1. The van der Waals surface area contributed by atoms with Crippen LogP contribution in [0.1, 0.15) is 0 Å². The van der Waals surface area contributed by atoms with Crippen LogP contribution in [0, 0.1) is 0 Å². The molecule has 0 bridgehead atoms. The van der Waals surface area contributed by atoms with E-state index in [-0.39, 0.29) is 0 Å². The fourth-order valence-corrected chi connectivity index (χ4v) is 1.64. The molecule has 0 saturated carbocycles. The summed E-state index contributed by atoms with van der Waals surface area (Å²) in [4.78, 5) is 4.10. The smallest absolute Gasteiger partial charge is 0.432 e. The van der Waals surface area contributed by atoms with Gasteiger partial charge in [0, 0.05) is 23.5 Å². The number of para-hydroxylation sites is 1. The van der Waals surface area contributed by atoms with Gasteiger partial charge in [-0.05, 0) is 12.1 Å². The Morgan fingerprint density at radius 1 is 1.05 bits per heavy atom. The van der Waals surface area contributed by atoms with E-state index in [1.165, 1.54) is 0 Å². The highest BCUT2D eigenvalue weighted by molar-refractivity contribution is 6.13. The van der Waals surface area contributed by atoms with Crippen LogP contribution in [0.5, 0.6) is 11.5 Å². The third-order valence-corrected chi connectivity index (χ3v) is 2.38. The van der Waals surface area contributed by atoms with Crippen molar-refractivity contribution >= 4 is 7.69 Å². The Balaban J connectivity index is 0.000000550. The van der Waals surface area contributed by atoms with E-state index in [9.17, 15) is 0 Å². The average Bonchev–Trinajstić information content (AvgIpc) is 2.48. The van der Waals surface area contributed by atoms with E-state index in [1.54, 1.807) is 26.6 Å². The number of benzene rings is 1. The van der Waals surface area contributed by atoms with Crippen molar-refractivity contribution in [1.82, 2.24) is 4.98 Å². The summed E-state index contributed by atoms with van der Waals surface area (Å²) in [6.07, 6.45) is 3.55. The van der Waals surface area contributed by atoms with Crippen molar-refractivity contribution in [3.8, 4) is 22.6 Å². The predicted molar refractivity (Wildman–Crippen MR) is 74.4 cm³/mol. The minimum absolute atomic E-state index is 0.726. The molecule has 0 fully saturated rings. The van der Waals surface area contributed by atoms with Crippen LogP contribution in [0.15, 0.2) is 42.7 Å². The summed E-state index contributed by atoms with van der Waals surface area (Å²) >= 11 is 0. The van der Waals surface area contributed by atoms with Gasteiger partial charge in [-0.25, -0.2) is 0 Å². The molecule has 2 aromatic rings. The zero-order chi connectivity index (χ0) is 14.1. The summed E-state index contributed by atoms with van der Waals surface area (Å²) < 4.78 is 10.6. The van der Waals surface area contributed by atoms with Crippen molar-refractivity contribution < 1.29 is 19.5 Å². The molecule has 2 N–H and O–H groups in total. The molecule has 0 aliphatic rings. The number of ether oxygens (including phenoxy) is 2. The Morgan fingerprint density at radius 2 is 1.79 bits per heavy atom. The third-order valence-electron chi connectivity index (χ3n) is 2.38. The molecule has 1 aromatic heterocycles. The van der Waals surface area contributed by atoms with Gasteiger partial charge in [-0.3, -0.25) is 4.98 Å². The second kappa shape index (κ2) is 8.13. The van der Waals surface area contributed by atoms with Crippen LogP contribution in [0.25, 0.3) is 11.1 Å². The topological polar surface area (TPSA) is 71.8 Å². The predicted octanol–water partition coefficient (Wildman–Crippen LogP) is 1.00. The first-order chi connectivity index (χ1) is 9.28. The van der Waals surface area contributed by atoms with E-state index in [1.807, 2.05) is 30.3 Å². The molecule has 1 aromatic carbocycles. The van der Waals surface area contributed by atoms with Gasteiger partial charge in [0.2, 0.25) is 0 Å². The lowest BCUT2D eigenvalue weighted by molar-refractivity contribution is 0.356. The first kappa shape index (κ1) is 15.0. The van der Waals surface area contributed by atoms with Crippen LogP contribution in [0.4, 0.5) is 0 Å². The molecule has 2 rings (SSSR count). The Hall–Kier alpha value is -2.05. The van der Waals surface area contributed by atoms with Crippen LogP contribution >= 0.6 is 0 Å². The normalized spacial score (nSPS) is 9.05. The van der Waals surface area contributed by atoms with Crippen molar-refractivity contribution in [3.05, 3.63) is 42.7 Å². The fourth-order valence-electron chi connectivity index (χ4n) is 1.64. The number of methoxy groups -OCH3 is 2. The third kappa shape index (κ3) is 3.98. The largest absolute Gasteiger partial charge is 0.493 e. The van der Waals surface area contributed by atoms with Gasteiger partial charge < -0.3 is 19.5 Å². The second-order valence-corrected chi connectivity index (χ2v) is 3.42. The first-order valence-electron chi connectivity index (χ1n) is 5.61. The number of rotatable bonds is 3. The summed E-state index contributed by atoms with van der Waals surface area (Å²) in [7, 11) is 2.52. The lowest BCUT2D eigenvalue weighted by atomic mass is 10.1. The average molecular weight is 261 g/mol. The molecular formula is C13H16BNO4. The van der Waals surface area contributed by atoms with E-state index >= 15 is 0 Å². The number of hydrogen-bond acceptors (Lipinski definition) is 5. The highest BCUT2D eigenvalue weighted by Crippen LogP contribution is 2.37. The fraction of sp³-hybridized carbons (Fsp3) is 0.154. The van der Waals surface area contributed by atoms with Crippen LogP contribution in [0.2, 0.25) is 0 Å². The Labute approximate surface area is 112 Å². The van der Waals surface area contributed by atoms with Gasteiger partial charge in [-0.1, -0.05) is 18.2 Å². The highest BCUT2D eigenvalue weighted by Gasteiger charge is 2.10. The van der Waals surface area contributed by atoms with E-state index in [0.29, 0.717) is 0 Å². The van der Waals surface area contributed by atoms with E-state index < -0.39 is 7.69 Å². The van der Waals surface area contributed by atoms with E-state index in [4.69, 9.17) is 19.5 Å². The minimum Gasteiger partial charge on any atom is -0.493 e. The molecule has 0 spiro atoms. The van der Waals surface area contributed by atoms with Gasteiger partial charge in [0.1, 0.15) is 0 Å². The highest BCUT2D eigenvalue weighted by atomic mass is 16.5. The molecule has 5 nitrogen and oxygen atoms in total. The molecule has 0 aliphatic carbocycles. The summed E-state index contributed by atoms with van der Waals surface area (Å²) in [6.45, 7) is 0. The molecule has 6 heteroatoms. The van der Waals surface area contributed by atoms with Crippen LogP contribution < -0.4 is 9.47 Å². The maximum atomic E-state index is 7.12. The summed E-state index contributed by atoms with van der Waals surface area (Å²) in [5.41, 5.74) is 1.99. The second-order valence-electron chi connectivity index (χ2n) is 3.42. The maximum Gasteiger partial charge on any atom is 0.432 e. The molecule has 0 radical (unpaired) electrons. The first-order valence-corrected chi connectivity index (χ1v) is 5.61. The van der Waals surface area contributed by atoms with Crippen molar-refractivity contribution in [2.45, 2.75) is 0 Å². The molecular weight excluding hydrogens is 245 g/mol. The number of nitrogens with zero attached hydrogens (tertiary/aromatic N) is 1. The number of hydrogen-bond donors (Lipinski definition) is 2. The van der Waals surface area contributed by atoms with Gasteiger partial charge in [0.15, 0.2) is 11.5 Å². The van der Waals surface area contributed by atoms with Crippen molar-refractivity contribution in [3.63, 3.8) is 0 Å². The molecule has 0 atom stereocenters. The zero-order valence-corrected chi connectivity index (χ0v) is 10.9. The molecule has 0 amide bonds. The van der Waals surface area contributed by atoms with Crippen LogP contribution in [-0.4, -0.2) is 36.9 Å². The van der Waals surface area contributed by atoms with Crippen molar-refractivity contribution in [2.75, 3.05) is 14.2 Å². The van der Waals surface area contributed by atoms with Gasteiger partial charge in [-0.15, -0.1) is 0 Å². The lowest BCUT2D eigenvalue weighted by Crippen LogP contribution is -1.93. The van der Waals surface area contributed by atoms with Gasteiger partial charge >= 0.3 is 7.69 Å². The minimum atomic E-state index is -0.750. The van der Waals surface area contributed by atoms with Crippen molar-refractivity contribution in [1.29, 1.82) is 0 Å². The monoisotopic (exact) mass is 261 g/mol. The molecule has 0 unspecified atom stereocenters. The van der Waals surface area contributed by atoms with Crippen LogP contribution in [0.3, 0.4) is 0 Å². The standard InChI is InChI=1S/C13H13NO2.BH3O2/c1-15-12-7-3-6-11(13(12)16-2)10-5-4-8-14-9-10;2-1-3/h3-9H,1-2H3;1-3H. The Morgan fingerprint density at radius 3 is 2.32 bits per heavy atom. The van der Waals surface area contributed by atoms with Gasteiger partial charge in [-0.2, -0.15) is 0 Å². The lowest BCUT2D eigenvalue weighted by Gasteiger charge is -2.12. The summed E-state index contributed by atoms with van der Waals surface area (Å²) in [5, 5.41) is 14.2. The van der Waals surface area contributed by atoms with Gasteiger partial charge in [0.25, 0.3) is 0 Å². The molecule has 100 valence electrons. The Kier molecular flexibility index (Phi) is 6.42. The van der Waals surface area contributed by atoms with Gasteiger partial charge in [0.05, 0.1) is 14.2 Å². The number of aromatic nitrogens is 1. The molecule has 0 saturated heterocycles. The van der Waals surface area contributed by atoms with Crippen molar-refractivity contribution in [2.24, 2.45) is 0 Å². The Bertz CT molecular complexity index is 493. The molecule has 0 aliphatic heterocycles. The summed E-state index contributed by atoms with van der Waals surface area (Å²) in [6, 6.07) is 9.68. The molecule has 19 heavy (non-hydrogen) atoms. The summed E-state index contributed by atoms with van der Waals surface area (Å²) in [5.74, 6) is 1.46.